The molecule has 0 aromatic rings. The molecule has 12 heavy (non-hydrogen) atoms. The Labute approximate surface area is 78.9 Å². The number of nitrogens with one attached hydrogen (secondary N) is 1. The molecule has 1 N–H and O–H groups in total. The quantitative estimate of drug-likeness (QED) is 0.635. The summed E-state index contributed by atoms with van der Waals surface area (Å²) in [4.78, 5) is 1.69. The Morgan fingerprint density at radius 3 is 2.42 bits per heavy atom. The van der Waals surface area contributed by atoms with Crippen LogP contribution in [-0.2, 0) is 9.84 Å². The molecule has 4 nitrogen and oxygen atoms in total. The zero-order chi connectivity index (χ0) is 9.78. The average molecular weight is 210 g/mol. The van der Waals surface area contributed by atoms with Gasteiger partial charge in [0.05, 0.1) is 5.75 Å². The topological polar surface area (TPSA) is 49.4 Å². The molecule has 0 saturated heterocycles. The summed E-state index contributed by atoms with van der Waals surface area (Å²) in [6.45, 7) is 0.429. The van der Waals surface area contributed by atoms with Crippen molar-refractivity contribution in [2.24, 2.45) is 0 Å². The van der Waals surface area contributed by atoms with Gasteiger partial charge in [0.25, 0.3) is 0 Å². The minimum Gasteiger partial charge on any atom is -0.366 e. The average Bonchev–Trinajstić information content (AvgIpc) is 1.97. The van der Waals surface area contributed by atoms with E-state index in [0.29, 0.717) is 11.7 Å². The van der Waals surface area contributed by atoms with Crippen LogP contribution in [0.5, 0.6) is 0 Å². The maximum atomic E-state index is 10.8. The van der Waals surface area contributed by atoms with Crippen LogP contribution >= 0.6 is 12.2 Å². The van der Waals surface area contributed by atoms with Gasteiger partial charge in [-0.15, -0.1) is 0 Å². The van der Waals surface area contributed by atoms with Crippen LogP contribution in [0, 0.1) is 0 Å². The van der Waals surface area contributed by atoms with Gasteiger partial charge in [0.2, 0.25) is 0 Å². The zero-order valence-electron chi connectivity index (χ0n) is 7.49. The molecule has 0 fully saturated rings. The first kappa shape index (κ1) is 11.6. The number of sulfone groups is 1. The summed E-state index contributed by atoms with van der Waals surface area (Å²) < 4.78 is 21.5. The fraction of sp³-hybridized carbons (Fsp3) is 0.833. The van der Waals surface area contributed by atoms with E-state index in [2.05, 4.69) is 5.32 Å². The monoisotopic (exact) mass is 210 g/mol. The third kappa shape index (κ3) is 5.31. The Morgan fingerprint density at radius 2 is 2.08 bits per heavy atom. The first-order valence-corrected chi connectivity index (χ1v) is 5.94. The number of hydrogen-bond donors (Lipinski definition) is 1. The molecule has 72 valence electrons. The summed E-state index contributed by atoms with van der Waals surface area (Å²) >= 11 is 4.89. The fourth-order valence-corrected chi connectivity index (χ4v) is 1.29. The second-order valence-corrected chi connectivity index (χ2v) is 5.25. The van der Waals surface area contributed by atoms with Gasteiger partial charge in [-0.25, -0.2) is 8.42 Å². The lowest BCUT2D eigenvalue weighted by molar-refractivity contribution is 0.521. The van der Waals surface area contributed by atoms with E-state index in [9.17, 15) is 8.42 Å². The number of hydrogen-bond acceptors (Lipinski definition) is 3. The van der Waals surface area contributed by atoms with E-state index in [1.807, 2.05) is 0 Å². The van der Waals surface area contributed by atoms with Crippen molar-refractivity contribution in [1.29, 1.82) is 0 Å². The summed E-state index contributed by atoms with van der Waals surface area (Å²) in [6.07, 6.45) is 1.21. The highest BCUT2D eigenvalue weighted by atomic mass is 32.2. The Kier molecular flexibility index (Phi) is 4.47. The van der Waals surface area contributed by atoms with E-state index in [1.165, 1.54) is 6.26 Å². The molecule has 0 unspecified atom stereocenters. The largest absolute Gasteiger partial charge is 0.366 e. The fourth-order valence-electron chi connectivity index (χ4n) is 0.595. The van der Waals surface area contributed by atoms with Gasteiger partial charge in [0.1, 0.15) is 9.84 Å². The van der Waals surface area contributed by atoms with Crippen molar-refractivity contribution in [2.45, 2.75) is 0 Å². The Balaban J connectivity index is 3.88. The van der Waals surface area contributed by atoms with Crippen molar-refractivity contribution >= 4 is 27.2 Å². The lowest BCUT2D eigenvalue weighted by Gasteiger charge is -2.18. The molecule has 0 rings (SSSR count). The molecule has 0 radical (unpaired) electrons. The molecule has 0 aliphatic rings. The molecule has 0 aromatic carbocycles. The second kappa shape index (κ2) is 4.61. The van der Waals surface area contributed by atoms with Gasteiger partial charge in [-0.05, 0) is 12.2 Å². The molecule has 0 saturated carbocycles. The summed E-state index contributed by atoms with van der Waals surface area (Å²) in [5, 5.41) is 3.32. The highest BCUT2D eigenvalue weighted by Gasteiger charge is 2.06. The minimum absolute atomic E-state index is 0.130. The van der Waals surface area contributed by atoms with E-state index < -0.39 is 9.84 Å². The van der Waals surface area contributed by atoms with Gasteiger partial charge in [-0.3, -0.25) is 0 Å². The maximum Gasteiger partial charge on any atom is 0.168 e. The molecule has 0 aliphatic carbocycles. The van der Waals surface area contributed by atoms with Gasteiger partial charge in [0.15, 0.2) is 5.11 Å². The van der Waals surface area contributed by atoms with E-state index in [4.69, 9.17) is 12.2 Å². The van der Waals surface area contributed by atoms with E-state index in [-0.39, 0.29) is 5.75 Å². The van der Waals surface area contributed by atoms with Crippen molar-refractivity contribution in [3.8, 4) is 0 Å². The minimum atomic E-state index is -2.89. The number of thiocarbonyl (C=S) groups is 1. The van der Waals surface area contributed by atoms with E-state index >= 15 is 0 Å². The molecule has 0 aliphatic heterocycles. The maximum absolute atomic E-state index is 10.8. The van der Waals surface area contributed by atoms with Crippen molar-refractivity contribution in [3.63, 3.8) is 0 Å². The molecule has 0 atom stereocenters. The van der Waals surface area contributed by atoms with Crippen molar-refractivity contribution in [2.75, 3.05) is 32.6 Å². The smallest absolute Gasteiger partial charge is 0.168 e. The highest BCUT2D eigenvalue weighted by Crippen LogP contribution is 1.88. The summed E-state index contributed by atoms with van der Waals surface area (Å²) in [6, 6.07) is 0. The molecule has 0 amide bonds. The first-order chi connectivity index (χ1) is 5.37. The molecular formula is C6H14N2O2S2. The van der Waals surface area contributed by atoms with Gasteiger partial charge in [0, 0.05) is 26.9 Å². The summed E-state index contributed by atoms with van der Waals surface area (Å²) in [5.41, 5.74) is 0. The van der Waals surface area contributed by atoms with Crippen LogP contribution in [0.3, 0.4) is 0 Å². The Bertz CT molecular complexity index is 248. The molecular weight excluding hydrogens is 196 g/mol. The zero-order valence-corrected chi connectivity index (χ0v) is 9.13. The van der Waals surface area contributed by atoms with Gasteiger partial charge >= 0.3 is 0 Å². The summed E-state index contributed by atoms with van der Waals surface area (Å²) in [7, 11) is 0.572. The normalized spacial score (nSPS) is 10.9. The Morgan fingerprint density at radius 1 is 1.58 bits per heavy atom. The number of rotatable bonds is 3. The lowest BCUT2D eigenvalue weighted by Crippen LogP contribution is -2.37. The van der Waals surface area contributed by atoms with Gasteiger partial charge in [-0.2, -0.15) is 0 Å². The van der Waals surface area contributed by atoms with Crippen LogP contribution < -0.4 is 5.32 Å². The lowest BCUT2D eigenvalue weighted by atomic mass is 10.6. The SMILES string of the molecule is CNC(=S)N(C)CCS(C)(=O)=O. The Hall–Kier alpha value is -0.360. The molecule has 6 heteroatoms. The van der Waals surface area contributed by atoms with Crippen LogP contribution in [0.2, 0.25) is 0 Å². The van der Waals surface area contributed by atoms with Crippen LogP contribution in [0.15, 0.2) is 0 Å². The molecule has 0 bridgehead atoms. The van der Waals surface area contributed by atoms with Crippen molar-refractivity contribution in [1.82, 2.24) is 10.2 Å². The predicted molar refractivity (Wildman–Crippen MR) is 54.0 cm³/mol. The third-order valence-corrected chi connectivity index (χ3v) is 2.80. The highest BCUT2D eigenvalue weighted by molar-refractivity contribution is 7.90. The van der Waals surface area contributed by atoms with Crippen molar-refractivity contribution in [3.05, 3.63) is 0 Å². The van der Waals surface area contributed by atoms with E-state index in [0.717, 1.165) is 0 Å². The molecule has 0 spiro atoms. The molecule has 0 heterocycles. The van der Waals surface area contributed by atoms with Gasteiger partial charge in [-0.1, -0.05) is 0 Å². The van der Waals surface area contributed by atoms with Crippen LogP contribution in [-0.4, -0.2) is 51.1 Å². The van der Waals surface area contributed by atoms with Crippen LogP contribution in [0.4, 0.5) is 0 Å². The standard InChI is InChI=1S/C6H14N2O2S2/c1-7-6(11)8(2)4-5-12(3,9)10/h4-5H2,1-3H3,(H,7,11). The third-order valence-electron chi connectivity index (χ3n) is 1.36. The van der Waals surface area contributed by atoms with Crippen LogP contribution in [0.1, 0.15) is 0 Å². The summed E-state index contributed by atoms with van der Waals surface area (Å²) in [5.74, 6) is 0.130. The first-order valence-electron chi connectivity index (χ1n) is 3.47. The predicted octanol–water partition coefficient (Wildman–Crippen LogP) is -0.533. The second-order valence-electron chi connectivity index (χ2n) is 2.61. The van der Waals surface area contributed by atoms with Crippen LogP contribution in [0.25, 0.3) is 0 Å². The van der Waals surface area contributed by atoms with E-state index in [1.54, 1.807) is 19.0 Å². The number of nitrogens with zero attached hydrogens (tertiary/aromatic N) is 1. The van der Waals surface area contributed by atoms with Crippen molar-refractivity contribution < 1.29 is 8.42 Å². The molecule has 0 aromatic heterocycles. The van der Waals surface area contributed by atoms with Gasteiger partial charge < -0.3 is 10.2 Å².